The highest BCUT2D eigenvalue weighted by molar-refractivity contribution is 6.33. The van der Waals surface area contributed by atoms with Crippen LogP contribution in [0.3, 0.4) is 0 Å². The zero-order chi connectivity index (χ0) is 19.4. The highest BCUT2D eigenvalue weighted by Crippen LogP contribution is 2.31. The summed E-state index contributed by atoms with van der Waals surface area (Å²) in [6, 6.07) is 3.27. The summed E-state index contributed by atoms with van der Waals surface area (Å²) in [5, 5.41) is 11.4. The Labute approximate surface area is 163 Å². The van der Waals surface area contributed by atoms with Gasteiger partial charge < -0.3 is 14.4 Å². The molecule has 1 aliphatic heterocycles. The third-order valence-corrected chi connectivity index (χ3v) is 4.88. The van der Waals surface area contributed by atoms with Gasteiger partial charge in [-0.1, -0.05) is 25.4 Å². The summed E-state index contributed by atoms with van der Waals surface area (Å²) in [6.45, 7) is 6.29. The number of carbonyl (C=O) groups is 1. The molecule has 1 aliphatic rings. The van der Waals surface area contributed by atoms with Crippen molar-refractivity contribution in [3.8, 4) is 11.4 Å². The fourth-order valence-electron chi connectivity index (χ4n) is 3.02. The monoisotopic (exact) mass is 393 g/mol. The fraction of sp³-hybridized carbons (Fsp3) is 0.556. The predicted molar refractivity (Wildman–Crippen MR) is 100 cm³/mol. The SMILES string of the molecule is COc1cc(-n2cnnn2)c(Cl)cc1C(=O)N1CC[C@H](OCCC(C)C)C1. The van der Waals surface area contributed by atoms with E-state index in [0.29, 0.717) is 41.0 Å². The van der Waals surface area contributed by atoms with Gasteiger partial charge in [0.15, 0.2) is 0 Å². The van der Waals surface area contributed by atoms with Gasteiger partial charge in [-0.05, 0) is 35.3 Å². The standard InChI is InChI=1S/C18H24ClN5O3/c1-12(2)5-7-27-13-4-6-23(10-13)18(25)14-8-15(19)16(9-17(14)26-3)24-11-20-21-22-24/h8-9,11-13H,4-7,10H2,1-3H3/t13-/m0/s1. The second-order valence-corrected chi connectivity index (χ2v) is 7.38. The summed E-state index contributed by atoms with van der Waals surface area (Å²) in [5.41, 5.74) is 0.966. The smallest absolute Gasteiger partial charge is 0.257 e. The molecular formula is C18H24ClN5O3. The molecule has 0 N–H and O–H groups in total. The Kier molecular flexibility index (Phi) is 6.28. The van der Waals surface area contributed by atoms with E-state index in [2.05, 4.69) is 29.4 Å². The number of tetrazole rings is 1. The number of hydrogen-bond acceptors (Lipinski definition) is 6. The first kappa shape index (κ1) is 19.6. The lowest BCUT2D eigenvalue weighted by molar-refractivity contribution is 0.0483. The topological polar surface area (TPSA) is 82.4 Å². The average Bonchev–Trinajstić information content (AvgIpc) is 3.32. The fourth-order valence-corrected chi connectivity index (χ4v) is 3.27. The minimum atomic E-state index is -0.119. The molecule has 0 unspecified atom stereocenters. The first-order valence-corrected chi connectivity index (χ1v) is 9.39. The van der Waals surface area contributed by atoms with E-state index in [1.54, 1.807) is 17.0 Å². The molecule has 1 amide bonds. The lowest BCUT2D eigenvalue weighted by Crippen LogP contribution is -2.30. The average molecular weight is 394 g/mol. The van der Waals surface area contributed by atoms with Gasteiger partial charge in [-0.3, -0.25) is 4.79 Å². The van der Waals surface area contributed by atoms with Crippen LogP contribution < -0.4 is 4.74 Å². The summed E-state index contributed by atoms with van der Waals surface area (Å²) in [6.07, 6.45) is 3.37. The van der Waals surface area contributed by atoms with E-state index in [1.807, 2.05) is 0 Å². The third-order valence-electron chi connectivity index (χ3n) is 4.58. The van der Waals surface area contributed by atoms with Crippen LogP contribution in [-0.2, 0) is 4.74 Å². The Morgan fingerprint density at radius 2 is 2.22 bits per heavy atom. The lowest BCUT2D eigenvalue weighted by Gasteiger charge is -2.19. The maximum Gasteiger partial charge on any atom is 0.257 e. The van der Waals surface area contributed by atoms with Gasteiger partial charge in [-0.15, -0.1) is 5.10 Å². The van der Waals surface area contributed by atoms with Crippen LogP contribution in [0.1, 0.15) is 37.0 Å². The molecule has 3 rings (SSSR count). The number of benzene rings is 1. The van der Waals surface area contributed by atoms with Crippen molar-refractivity contribution in [2.75, 3.05) is 26.8 Å². The molecule has 0 bridgehead atoms. The first-order valence-electron chi connectivity index (χ1n) is 9.01. The highest BCUT2D eigenvalue weighted by Gasteiger charge is 2.29. The molecule has 1 saturated heterocycles. The number of aromatic nitrogens is 4. The molecule has 0 radical (unpaired) electrons. The van der Waals surface area contributed by atoms with E-state index in [-0.39, 0.29) is 12.0 Å². The number of methoxy groups -OCH3 is 1. The van der Waals surface area contributed by atoms with E-state index in [9.17, 15) is 4.79 Å². The maximum absolute atomic E-state index is 13.0. The number of rotatable bonds is 7. The third kappa shape index (κ3) is 4.56. The zero-order valence-electron chi connectivity index (χ0n) is 15.8. The molecule has 2 aromatic rings. The number of ether oxygens (including phenoxy) is 2. The van der Waals surface area contributed by atoms with Crippen LogP contribution >= 0.6 is 11.6 Å². The first-order chi connectivity index (χ1) is 13.0. The van der Waals surface area contributed by atoms with Gasteiger partial charge in [-0.2, -0.15) is 4.68 Å². The molecule has 1 atom stereocenters. The summed E-state index contributed by atoms with van der Waals surface area (Å²) in [5.74, 6) is 0.917. The van der Waals surface area contributed by atoms with Crippen LogP contribution in [0.2, 0.25) is 5.02 Å². The van der Waals surface area contributed by atoms with Crippen LogP contribution in [0.5, 0.6) is 5.75 Å². The largest absolute Gasteiger partial charge is 0.496 e. The molecule has 146 valence electrons. The zero-order valence-corrected chi connectivity index (χ0v) is 16.5. The van der Waals surface area contributed by atoms with Crippen molar-refractivity contribution in [2.24, 2.45) is 5.92 Å². The van der Waals surface area contributed by atoms with Crippen molar-refractivity contribution in [3.63, 3.8) is 0 Å². The van der Waals surface area contributed by atoms with Gasteiger partial charge in [-0.25, -0.2) is 0 Å². The van der Waals surface area contributed by atoms with Crippen LogP contribution in [0.4, 0.5) is 0 Å². The number of likely N-dealkylation sites (tertiary alicyclic amines) is 1. The summed E-state index contributed by atoms with van der Waals surface area (Å²) in [4.78, 5) is 14.8. The molecule has 0 aliphatic carbocycles. The molecular weight excluding hydrogens is 370 g/mol. The normalized spacial score (nSPS) is 16.9. The Morgan fingerprint density at radius 1 is 1.41 bits per heavy atom. The molecule has 0 spiro atoms. The number of halogens is 1. The molecule has 1 aromatic heterocycles. The van der Waals surface area contributed by atoms with E-state index in [1.165, 1.54) is 18.1 Å². The number of hydrogen-bond donors (Lipinski definition) is 0. The van der Waals surface area contributed by atoms with Crippen molar-refractivity contribution >= 4 is 17.5 Å². The van der Waals surface area contributed by atoms with E-state index in [0.717, 1.165) is 19.4 Å². The van der Waals surface area contributed by atoms with Gasteiger partial charge in [0, 0.05) is 25.8 Å². The molecule has 2 heterocycles. The maximum atomic E-state index is 13.0. The Hall–Kier alpha value is -2.19. The molecule has 9 heteroatoms. The summed E-state index contributed by atoms with van der Waals surface area (Å²) in [7, 11) is 1.52. The van der Waals surface area contributed by atoms with Crippen LogP contribution in [0.25, 0.3) is 5.69 Å². The number of amides is 1. The highest BCUT2D eigenvalue weighted by atomic mass is 35.5. The van der Waals surface area contributed by atoms with Crippen molar-refractivity contribution < 1.29 is 14.3 Å². The van der Waals surface area contributed by atoms with Gasteiger partial charge in [0.25, 0.3) is 5.91 Å². The minimum Gasteiger partial charge on any atom is -0.496 e. The Bertz CT molecular complexity index is 782. The second-order valence-electron chi connectivity index (χ2n) is 6.97. The Morgan fingerprint density at radius 3 is 2.89 bits per heavy atom. The lowest BCUT2D eigenvalue weighted by atomic mass is 10.1. The Balaban J connectivity index is 1.72. The second kappa shape index (κ2) is 8.67. The van der Waals surface area contributed by atoms with E-state index in [4.69, 9.17) is 21.1 Å². The van der Waals surface area contributed by atoms with Gasteiger partial charge in [0.2, 0.25) is 0 Å². The predicted octanol–water partition coefficient (Wildman–Crippen LogP) is 2.60. The van der Waals surface area contributed by atoms with Crippen LogP contribution in [0.15, 0.2) is 18.5 Å². The van der Waals surface area contributed by atoms with Gasteiger partial charge in [0.1, 0.15) is 12.1 Å². The van der Waals surface area contributed by atoms with Crippen LogP contribution in [-0.4, -0.2) is 63.9 Å². The number of carbonyl (C=O) groups excluding carboxylic acids is 1. The molecule has 27 heavy (non-hydrogen) atoms. The molecule has 1 fully saturated rings. The van der Waals surface area contributed by atoms with Gasteiger partial charge >= 0.3 is 0 Å². The van der Waals surface area contributed by atoms with Crippen molar-refractivity contribution in [1.82, 2.24) is 25.1 Å². The van der Waals surface area contributed by atoms with E-state index < -0.39 is 0 Å². The van der Waals surface area contributed by atoms with Crippen LogP contribution in [0, 0.1) is 5.92 Å². The number of nitrogens with zero attached hydrogens (tertiary/aromatic N) is 5. The minimum absolute atomic E-state index is 0.0784. The van der Waals surface area contributed by atoms with Crippen molar-refractivity contribution in [1.29, 1.82) is 0 Å². The quantitative estimate of drug-likeness (QED) is 0.719. The van der Waals surface area contributed by atoms with E-state index >= 15 is 0 Å². The summed E-state index contributed by atoms with van der Waals surface area (Å²) >= 11 is 6.36. The summed E-state index contributed by atoms with van der Waals surface area (Å²) < 4.78 is 12.7. The van der Waals surface area contributed by atoms with Crippen molar-refractivity contribution in [3.05, 3.63) is 29.0 Å². The molecule has 0 saturated carbocycles. The van der Waals surface area contributed by atoms with Crippen molar-refractivity contribution in [2.45, 2.75) is 32.8 Å². The molecule has 1 aromatic carbocycles. The van der Waals surface area contributed by atoms with Gasteiger partial charge in [0.05, 0.1) is 29.5 Å². The molecule has 8 nitrogen and oxygen atoms in total.